The molecule has 0 spiro atoms. The van der Waals surface area contributed by atoms with Crippen molar-refractivity contribution in [3.8, 4) is 0 Å². The average molecular weight is 366 g/mol. The van der Waals surface area contributed by atoms with E-state index in [1.54, 1.807) is 0 Å². The van der Waals surface area contributed by atoms with Gasteiger partial charge < -0.3 is 4.74 Å². The van der Waals surface area contributed by atoms with Gasteiger partial charge in [-0.1, -0.05) is 45.2 Å². The van der Waals surface area contributed by atoms with Crippen LogP contribution in [0.5, 0.6) is 0 Å². The van der Waals surface area contributed by atoms with E-state index in [1.165, 1.54) is 0 Å². The molecule has 0 radical (unpaired) electrons. The van der Waals surface area contributed by atoms with Crippen LogP contribution in [0.15, 0.2) is 0 Å². The second kappa shape index (κ2) is 3.12. The third kappa shape index (κ3) is 1.96. The zero-order chi connectivity index (χ0) is 7.78. The van der Waals surface area contributed by atoms with Gasteiger partial charge in [0.15, 0.2) is 0 Å². The minimum Gasteiger partial charge on any atom is -0.466 e. The summed E-state index contributed by atoms with van der Waals surface area (Å²) in [5.41, 5.74) is 0. The van der Waals surface area contributed by atoms with Crippen molar-refractivity contribution in [2.75, 3.05) is 6.61 Å². The normalized spacial score (nSPS) is 27.7. The van der Waals surface area contributed by atoms with Crippen molar-refractivity contribution in [3.63, 3.8) is 0 Å². The van der Waals surface area contributed by atoms with Crippen molar-refractivity contribution in [1.29, 1.82) is 0 Å². The quantitative estimate of drug-likeness (QED) is 0.426. The highest BCUT2D eigenvalue weighted by Crippen LogP contribution is 2.57. The van der Waals surface area contributed by atoms with Gasteiger partial charge in [-0.25, -0.2) is 0 Å². The third-order valence-corrected chi connectivity index (χ3v) is 3.78. The summed E-state index contributed by atoms with van der Waals surface area (Å²) < 4.78 is 5.01. The topological polar surface area (TPSA) is 26.3 Å². The highest BCUT2D eigenvalue weighted by Gasteiger charge is 2.55. The summed E-state index contributed by atoms with van der Waals surface area (Å²) in [5.74, 6) is 0.111. The highest BCUT2D eigenvalue weighted by molar-refractivity contribution is 14.2. The minimum atomic E-state index is -0.0358. The monoisotopic (exact) mass is 366 g/mol. The van der Waals surface area contributed by atoms with Crippen molar-refractivity contribution in [1.82, 2.24) is 0 Å². The van der Waals surface area contributed by atoms with Crippen LogP contribution < -0.4 is 0 Å². The number of carbonyl (C=O) groups excluding carboxylic acids is 1. The van der Waals surface area contributed by atoms with E-state index in [0.29, 0.717) is 6.61 Å². The van der Waals surface area contributed by atoms with E-state index in [9.17, 15) is 4.79 Å². The Morgan fingerprint density at radius 2 is 2.30 bits per heavy atom. The summed E-state index contributed by atoms with van der Waals surface area (Å²) in [6, 6.07) is 0. The SMILES string of the molecule is CCOC(=O)C1CC1(I)I. The lowest BCUT2D eigenvalue weighted by atomic mass is 10.4. The Kier molecular flexibility index (Phi) is 2.82. The molecule has 0 saturated heterocycles. The maximum atomic E-state index is 11.0. The number of esters is 1. The average Bonchev–Trinajstić information content (AvgIpc) is 2.41. The molecule has 4 heteroatoms. The van der Waals surface area contributed by atoms with Gasteiger partial charge in [0.25, 0.3) is 0 Å². The van der Waals surface area contributed by atoms with Crippen LogP contribution in [0, 0.1) is 5.92 Å². The van der Waals surface area contributed by atoms with Crippen LogP contribution >= 0.6 is 45.2 Å². The maximum Gasteiger partial charge on any atom is 0.311 e. The molecule has 1 unspecified atom stereocenters. The summed E-state index contributed by atoms with van der Waals surface area (Å²) in [6.45, 7) is 2.33. The summed E-state index contributed by atoms with van der Waals surface area (Å²) in [5, 5.41) is 0. The fourth-order valence-corrected chi connectivity index (χ4v) is 2.10. The molecule has 0 amide bonds. The molecule has 1 saturated carbocycles. The molecule has 1 aliphatic carbocycles. The third-order valence-electron chi connectivity index (χ3n) is 1.40. The molecular weight excluding hydrogens is 358 g/mol. The number of halogens is 2. The van der Waals surface area contributed by atoms with E-state index < -0.39 is 0 Å². The molecular formula is C6H8I2O2. The van der Waals surface area contributed by atoms with Gasteiger partial charge in [-0.05, 0) is 13.3 Å². The highest BCUT2D eigenvalue weighted by atomic mass is 127. The largest absolute Gasteiger partial charge is 0.466 e. The van der Waals surface area contributed by atoms with Gasteiger partial charge >= 0.3 is 5.97 Å². The van der Waals surface area contributed by atoms with Crippen LogP contribution in [0.2, 0.25) is 0 Å². The fourth-order valence-electron chi connectivity index (χ4n) is 0.712. The Bertz CT molecular complexity index is 156. The Morgan fingerprint density at radius 1 is 1.80 bits per heavy atom. The molecule has 0 aromatic rings. The first-order chi connectivity index (χ1) is 4.58. The number of carbonyl (C=O) groups is 1. The minimum absolute atomic E-state index is 0.0358. The maximum absolute atomic E-state index is 11.0. The van der Waals surface area contributed by atoms with E-state index in [2.05, 4.69) is 45.2 Å². The Hall–Kier alpha value is 0.930. The first-order valence-corrected chi connectivity index (χ1v) is 5.28. The molecule has 2 nitrogen and oxygen atoms in total. The van der Waals surface area contributed by atoms with Gasteiger partial charge in [-0.15, -0.1) is 0 Å². The van der Waals surface area contributed by atoms with Gasteiger partial charge in [-0.2, -0.15) is 0 Å². The van der Waals surface area contributed by atoms with Crippen molar-refractivity contribution >= 4 is 51.2 Å². The molecule has 0 aromatic heterocycles. The van der Waals surface area contributed by atoms with Crippen LogP contribution in [0.25, 0.3) is 0 Å². The number of hydrogen-bond acceptors (Lipinski definition) is 2. The summed E-state index contributed by atoms with van der Waals surface area (Å²) in [6.07, 6.45) is 0.965. The van der Waals surface area contributed by atoms with Gasteiger partial charge in [-0.3, -0.25) is 4.79 Å². The molecule has 10 heavy (non-hydrogen) atoms. The van der Waals surface area contributed by atoms with Crippen molar-refractivity contribution in [2.24, 2.45) is 5.92 Å². The van der Waals surface area contributed by atoms with Crippen LogP contribution in [-0.2, 0) is 9.53 Å². The molecule has 1 atom stereocenters. The molecule has 1 fully saturated rings. The molecule has 0 heterocycles. The summed E-state index contributed by atoms with van der Waals surface area (Å²) in [7, 11) is 0. The predicted molar refractivity (Wildman–Crippen MR) is 55.5 cm³/mol. The van der Waals surface area contributed by atoms with E-state index in [1.807, 2.05) is 6.92 Å². The second-order valence-electron chi connectivity index (χ2n) is 2.27. The van der Waals surface area contributed by atoms with E-state index >= 15 is 0 Å². The lowest BCUT2D eigenvalue weighted by Gasteiger charge is -1.99. The Labute approximate surface area is 87.4 Å². The summed E-state index contributed by atoms with van der Waals surface area (Å²) >= 11 is 4.58. The molecule has 0 aliphatic heterocycles. The molecule has 1 aliphatic rings. The van der Waals surface area contributed by atoms with Crippen LogP contribution in [0.4, 0.5) is 0 Å². The zero-order valence-corrected chi connectivity index (χ0v) is 9.88. The second-order valence-corrected chi connectivity index (χ2v) is 8.18. The lowest BCUT2D eigenvalue weighted by Crippen LogP contribution is -2.09. The van der Waals surface area contributed by atoms with Gasteiger partial charge in [0.2, 0.25) is 0 Å². The first-order valence-electron chi connectivity index (χ1n) is 3.12. The lowest BCUT2D eigenvalue weighted by molar-refractivity contribution is -0.144. The molecule has 0 bridgehead atoms. The van der Waals surface area contributed by atoms with Crippen LogP contribution in [0.1, 0.15) is 13.3 Å². The van der Waals surface area contributed by atoms with Gasteiger partial charge in [0.1, 0.15) is 0 Å². The van der Waals surface area contributed by atoms with Gasteiger partial charge in [0.05, 0.1) is 14.0 Å². The number of rotatable bonds is 2. The van der Waals surface area contributed by atoms with E-state index in [4.69, 9.17) is 4.74 Å². The van der Waals surface area contributed by atoms with E-state index in [0.717, 1.165) is 6.42 Å². The zero-order valence-electron chi connectivity index (χ0n) is 5.56. The first kappa shape index (κ1) is 9.02. The van der Waals surface area contributed by atoms with Crippen molar-refractivity contribution < 1.29 is 9.53 Å². The van der Waals surface area contributed by atoms with Crippen LogP contribution in [0.3, 0.4) is 0 Å². The Morgan fingerprint density at radius 3 is 2.60 bits per heavy atom. The van der Waals surface area contributed by atoms with Crippen LogP contribution in [-0.4, -0.2) is 14.0 Å². The van der Waals surface area contributed by atoms with Crippen molar-refractivity contribution in [2.45, 2.75) is 14.8 Å². The predicted octanol–water partition coefficient (Wildman–Crippen LogP) is 2.14. The smallest absolute Gasteiger partial charge is 0.311 e. The van der Waals surface area contributed by atoms with Crippen molar-refractivity contribution in [3.05, 3.63) is 0 Å². The standard InChI is InChI=1S/C6H8I2O2/c1-2-10-5(9)4-3-6(4,7)8/h4H,2-3H2,1H3. The molecule has 58 valence electrons. The molecule has 1 rings (SSSR count). The number of hydrogen-bond donors (Lipinski definition) is 0. The van der Waals surface area contributed by atoms with Gasteiger partial charge in [0, 0.05) is 0 Å². The Balaban J connectivity index is 2.33. The molecule has 0 N–H and O–H groups in total. The number of alkyl halides is 2. The number of ether oxygens (including phenoxy) is 1. The summed E-state index contributed by atoms with van der Waals surface area (Å²) in [4.78, 5) is 11.0. The van der Waals surface area contributed by atoms with E-state index in [-0.39, 0.29) is 13.3 Å². The fraction of sp³-hybridized carbons (Fsp3) is 0.833. The molecule has 0 aromatic carbocycles.